The molecule has 0 aliphatic rings. The first-order chi connectivity index (χ1) is 17.0. The summed E-state index contributed by atoms with van der Waals surface area (Å²) >= 11 is 3.52. The largest absolute Gasteiger partial charge is 0.483 e. The average Bonchev–Trinajstić information content (AvgIpc) is 2.81. The highest BCUT2D eigenvalue weighted by Gasteiger charge is 2.32. The number of rotatable bonds is 9. The van der Waals surface area contributed by atoms with Crippen LogP contribution in [0.2, 0.25) is 0 Å². The molecular weight excluding hydrogens is 516 g/mol. The van der Waals surface area contributed by atoms with E-state index < -0.39 is 11.6 Å². The van der Waals surface area contributed by atoms with Crippen molar-refractivity contribution in [3.63, 3.8) is 0 Å². The van der Waals surface area contributed by atoms with E-state index in [0.29, 0.717) is 12.2 Å². The SMILES string of the molecule is Cc1ccc(C)c(OCC(=O)N(Cc2cccc(Br)c2)[C@@H](Cc2ccccc2)C(=O)NC(C)(C)C)c1. The van der Waals surface area contributed by atoms with Gasteiger partial charge in [0.2, 0.25) is 5.91 Å². The summed E-state index contributed by atoms with van der Waals surface area (Å²) in [6, 6.07) is 22.8. The van der Waals surface area contributed by atoms with Crippen molar-refractivity contribution in [2.75, 3.05) is 6.61 Å². The van der Waals surface area contributed by atoms with Crippen LogP contribution in [0.1, 0.15) is 43.0 Å². The molecule has 0 fully saturated rings. The fourth-order valence-electron chi connectivity index (χ4n) is 3.92. The molecule has 190 valence electrons. The van der Waals surface area contributed by atoms with Gasteiger partial charge in [0.25, 0.3) is 5.91 Å². The van der Waals surface area contributed by atoms with Crippen LogP contribution in [0, 0.1) is 13.8 Å². The minimum atomic E-state index is -0.708. The molecule has 3 rings (SSSR count). The van der Waals surface area contributed by atoms with Gasteiger partial charge in [0.15, 0.2) is 6.61 Å². The highest BCUT2D eigenvalue weighted by molar-refractivity contribution is 9.10. The molecule has 5 nitrogen and oxygen atoms in total. The van der Waals surface area contributed by atoms with Crippen molar-refractivity contribution in [3.05, 3.63) is 99.5 Å². The fourth-order valence-corrected chi connectivity index (χ4v) is 4.37. The lowest BCUT2D eigenvalue weighted by atomic mass is 10.0. The third-order valence-electron chi connectivity index (χ3n) is 5.71. The van der Waals surface area contributed by atoms with Crippen molar-refractivity contribution in [1.82, 2.24) is 10.2 Å². The molecule has 0 radical (unpaired) electrons. The van der Waals surface area contributed by atoms with Gasteiger partial charge in [-0.15, -0.1) is 0 Å². The van der Waals surface area contributed by atoms with Gasteiger partial charge in [0, 0.05) is 23.0 Å². The molecule has 36 heavy (non-hydrogen) atoms. The monoisotopic (exact) mass is 550 g/mol. The van der Waals surface area contributed by atoms with Crippen molar-refractivity contribution in [1.29, 1.82) is 0 Å². The Kier molecular flexibility index (Phi) is 9.32. The Morgan fingerprint density at radius 2 is 1.64 bits per heavy atom. The summed E-state index contributed by atoms with van der Waals surface area (Å²) < 4.78 is 6.89. The predicted molar refractivity (Wildman–Crippen MR) is 148 cm³/mol. The maximum atomic E-state index is 13.7. The summed E-state index contributed by atoms with van der Waals surface area (Å²) in [4.78, 5) is 28.9. The van der Waals surface area contributed by atoms with Crippen LogP contribution in [0.15, 0.2) is 77.3 Å². The second kappa shape index (κ2) is 12.2. The number of carbonyl (C=O) groups excluding carboxylic acids is 2. The zero-order valence-electron chi connectivity index (χ0n) is 21.7. The topological polar surface area (TPSA) is 58.6 Å². The zero-order chi connectivity index (χ0) is 26.3. The second-order valence-corrected chi connectivity index (χ2v) is 11.1. The van der Waals surface area contributed by atoms with Gasteiger partial charge in [0.1, 0.15) is 11.8 Å². The normalized spacial score (nSPS) is 12.1. The van der Waals surface area contributed by atoms with Crippen LogP contribution in [0.25, 0.3) is 0 Å². The van der Waals surface area contributed by atoms with E-state index in [1.165, 1.54) is 0 Å². The van der Waals surface area contributed by atoms with E-state index in [1.807, 2.05) is 107 Å². The Morgan fingerprint density at radius 3 is 2.31 bits per heavy atom. The zero-order valence-corrected chi connectivity index (χ0v) is 23.3. The number of amides is 2. The molecule has 2 amide bonds. The minimum Gasteiger partial charge on any atom is -0.483 e. The third-order valence-corrected chi connectivity index (χ3v) is 6.20. The van der Waals surface area contributed by atoms with E-state index >= 15 is 0 Å². The molecule has 0 saturated carbocycles. The van der Waals surface area contributed by atoms with Gasteiger partial charge in [0.05, 0.1) is 0 Å². The summed E-state index contributed by atoms with van der Waals surface area (Å²) in [7, 11) is 0. The van der Waals surface area contributed by atoms with E-state index in [0.717, 1.165) is 26.7 Å². The number of nitrogens with one attached hydrogen (secondary N) is 1. The molecule has 0 bridgehead atoms. The lowest BCUT2D eigenvalue weighted by Crippen LogP contribution is -2.55. The Hall–Kier alpha value is -3.12. The van der Waals surface area contributed by atoms with Crippen molar-refractivity contribution in [2.24, 2.45) is 0 Å². The van der Waals surface area contributed by atoms with Gasteiger partial charge in [-0.3, -0.25) is 9.59 Å². The summed E-state index contributed by atoms with van der Waals surface area (Å²) in [5.41, 5.74) is 3.48. The number of aryl methyl sites for hydroxylation is 2. The molecule has 0 unspecified atom stereocenters. The molecule has 0 spiro atoms. The van der Waals surface area contributed by atoms with Crippen molar-refractivity contribution < 1.29 is 14.3 Å². The summed E-state index contributed by atoms with van der Waals surface area (Å²) in [6.45, 7) is 9.88. The van der Waals surface area contributed by atoms with Crippen LogP contribution in [0.5, 0.6) is 5.75 Å². The molecule has 0 heterocycles. The van der Waals surface area contributed by atoms with Crippen LogP contribution >= 0.6 is 15.9 Å². The number of hydrogen-bond donors (Lipinski definition) is 1. The standard InChI is InChI=1S/C30H35BrN2O3/c1-21-14-15-22(2)27(16-21)36-20-28(34)33(19-24-12-9-13-25(31)17-24)26(29(35)32-30(3,4)5)18-23-10-7-6-8-11-23/h6-17,26H,18-20H2,1-5H3,(H,32,35)/t26-/m0/s1. The fraction of sp³-hybridized carbons (Fsp3) is 0.333. The van der Waals surface area contributed by atoms with E-state index in [4.69, 9.17) is 4.74 Å². The van der Waals surface area contributed by atoms with Gasteiger partial charge in [-0.25, -0.2) is 0 Å². The van der Waals surface area contributed by atoms with E-state index in [-0.39, 0.29) is 25.0 Å². The highest BCUT2D eigenvalue weighted by Crippen LogP contribution is 2.21. The van der Waals surface area contributed by atoms with Gasteiger partial charge >= 0.3 is 0 Å². The van der Waals surface area contributed by atoms with Crippen LogP contribution in [-0.2, 0) is 22.6 Å². The Balaban J connectivity index is 1.95. The molecule has 0 aliphatic carbocycles. The van der Waals surface area contributed by atoms with Crippen LogP contribution < -0.4 is 10.1 Å². The average molecular weight is 552 g/mol. The Morgan fingerprint density at radius 1 is 0.944 bits per heavy atom. The van der Waals surface area contributed by atoms with E-state index in [2.05, 4.69) is 21.2 Å². The lowest BCUT2D eigenvalue weighted by molar-refractivity contribution is -0.143. The van der Waals surface area contributed by atoms with Gasteiger partial charge in [-0.05, 0) is 75.1 Å². The third kappa shape index (κ3) is 8.23. The van der Waals surface area contributed by atoms with Crippen molar-refractivity contribution in [3.8, 4) is 5.75 Å². The quantitative estimate of drug-likeness (QED) is 0.355. The molecule has 6 heteroatoms. The van der Waals surface area contributed by atoms with Gasteiger partial charge in [-0.2, -0.15) is 0 Å². The van der Waals surface area contributed by atoms with Crippen LogP contribution in [0.4, 0.5) is 0 Å². The number of ether oxygens (including phenoxy) is 1. The van der Waals surface area contributed by atoms with E-state index in [9.17, 15) is 9.59 Å². The lowest BCUT2D eigenvalue weighted by Gasteiger charge is -2.34. The maximum Gasteiger partial charge on any atom is 0.261 e. The Labute approximate surface area is 223 Å². The summed E-state index contributed by atoms with van der Waals surface area (Å²) in [6.07, 6.45) is 0.395. The molecule has 1 N–H and O–H groups in total. The summed E-state index contributed by atoms with van der Waals surface area (Å²) in [5, 5.41) is 3.08. The molecule has 0 saturated heterocycles. The molecular formula is C30H35BrN2O3. The Bertz CT molecular complexity index is 1190. The van der Waals surface area contributed by atoms with E-state index in [1.54, 1.807) is 4.90 Å². The molecule has 0 aromatic heterocycles. The maximum absolute atomic E-state index is 13.7. The van der Waals surface area contributed by atoms with Gasteiger partial charge in [-0.1, -0.05) is 70.5 Å². The first-order valence-corrected chi connectivity index (χ1v) is 12.9. The minimum absolute atomic E-state index is 0.160. The molecule has 0 aliphatic heterocycles. The molecule has 3 aromatic carbocycles. The number of halogens is 1. The van der Waals surface area contributed by atoms with Crippen LogP contribution in [0.3, 0.4) is 0 Å². The number of hydrogen-bond acceptors (Lipinski definition) is 3. The molecule has 3 aromatic rings. The van der Waals surface area contributed by atoms with Gasteiger partial charge < -0.3 is 15.0 Å². The van der Waals surface area contributed by atoms with Crippen molar-refractivity contribution >= 4 is 27.7 Å². The first kappa shape index (κ1) is 27.5. The summed E-state index contributed by atoms with van der Waals surface area (Å²) in [5.74, 6) is 0.229. The number of carbonyl (C=O) groups is 2. The predicted octanol–water partition coefficient (Wildman–Crippen LogP) is 6.00. The van der Waals surface area contributed by atoms with Crippen molar-refractivity contribution in [2.45, 2.75) is 59.2 Å². The molecule has 1 atom stereocenters. The first-order valence-electron chi connectivity index (χ1n) is 12.1. The second-order valence-electron chi connectivity index (χ2n) is 10.2. The number of nitrogens with zero attached hydrogens (tertiary/aromatic N) is 1. The number of benzene rings is 3. The highest BCUT2D eigenvalue weighted by atomic mass is 79.9. The smallest absolute Gasteiger partial charge is 0.261 e. The van der Waals surface area contributed by atoms with Crippen LogP contribution in [-0.4, -0.2) is 34.9 Å².